The molecule has 0 amide bonds. The number of aliphatic carboxylic acids is 1. The third-order valence-corrected chi connectivity index (χ3v) is 3.59. The first-order valence-corrected chi connectivity index (χ1v) is 7.45. The molecule has 106 valence electrons. The molecule has 0 fully saturated rings. The second-order valence-electron chi connectivity index (χ2n) is 3.90. The van der Waals surface area contributed by atoms with Gasteiger partial charge in [0.1, 0.15) is 0 Å². The zero-order chi connectivity index (χ0) is 14.1. The van der Waals surface area contributed by atoms with Crippen LogP contribution < -0.4 is 4.72 Å². The van der Waals surface area contributed by atoms with Gasteiger partial charge in [0.15, 0.2) is 0 Å². The van der Waals surface area contributed by atoms with Crippen LogP contribution in [0, 0.1) is 0 Å². The van der Waals surface area contributed by atoms with Crippen molar-refractivity contribution in [2.24, 2.45) is 0 Å². The summed E-state index contributed by atoms with van der Waals surface area (Å²) in [5.41, 5.74) is 0.710. The molecule has 0 aliphatic rings. The summed E-state index contributed by atoms with van der Waals surface area (Å²) >= 11 is 0. The second-order valence-corrected chi connectivity index (χ2v) is 5.70. The molecule has 0 radical (unpaired) electrons. The Kier molecular flexibility index (Phi) is 6.48. The van der Waals surface area contributed by atoms with E-state index in [0.29, 0.717) is 5.56 Å². The molecule has 0 unspecified atom stereocenters. The largest absolute Gasteiger partial charge is 0.481 e. The van der Waals surface area contributed by atoms with Gasteiger partial charge in [-0.3, -0.25) is 4.79 Å². The molecule has 0 bridgehead atoms. The van der Waals surface area contributed by atoms with E-state index >= 15 is 0 Å². The van der Waals surface area contributed by atoms with Gasteiger partial charge in [-0.2, -0.15) is 0 Å². The molecule has 0 spiro atoms. The van der Waals surface area contributed by atoms with Gasteiger partial charge >= 0.3 is 5.97 Å². The van der Waals surface area contributed by atoms with Gasteiger partial charge in [-0.1, -0.05) is 30.3 Å². The summed E-state index contributed by atoms with van der Waals surface area (Å²) in [5.74, 6) is -1.02. The normalized spacial score (nSPS) is 11.4. The third-order valence-electron chi connectivity index (χ3n) is 2.23. The van der Waals surface area contributed by atoms with Crippen molar-refractivity contribution in [1.29, 1.82) is 0 Å². The Morgan fingerprint density at radius 3 is 2.53 bits per heavy atom. The number of hydrogen-bond acceptors (Lipinski definition) is 4. The minimum atomic E-state index is -3.38. The van der Waals surface area contributed by atoms with Gasteiger partial charge in [0.05, 0.1) is 25.4 Å². The molecule has 0 aliphatic heterocycles. The van der Waals surface area contributed by atoms with Crippen LogP contribution in [-0.4, -0.2) is 39.3 Å². The topological polar surface area (TPSA) is 92.7 Å². The maximum absolute atomic E-state index is 11.7. The lowest BCUT2D eigenvalue weighted by Crippen LogP contribution is -2.28. The maximum atomic E-state index is 11.7. The van der Waals surface area contributed by atoms with E-state index < -0.39 is 16.0 Å². The average molecular weight is 287 g/mol. The fraction of sp³-hybridized carbons (Fsp3) is 0.417. The van der Waals surface area contributed by atoms with Gasteiger partial charge in [-0.15, -0.1) is 0 Å². The van der Waals surface area contributed by atoms with Gasteiger partial charge in [0, 0.05) is 6.54 Å². The fourth-order valence-corrected chi connectivity index (χ4v) is 2.50. The molecule has 1 rings (SSSR count). The lowest BCUT2D eigenvalue weighted by molar-refractivity contribution is -0.138. The van der Waals surface area contributed by atoms with E-state index in [4.69, 9.17) is 9.84 Å². The van der Waals surface area contributed by atoms with E-state index in [2.05, 4.69) is 4.72 Å². The Balaban J connectivity index is 2.22. The van der Waals surface area contributed by atoms with Crippen LogP contribution in [0.15, 0.2) is 30.3 Å². The summed E-state index contributed by atoms with van der Waals surface area (Å²) in [4.78, 5) is 10.2. The van der Waals surface area contributed by atoms with Crippen molar-refractivity contribution in [2.45, 2.75) is 12.2 Å². The molecule has 2 N–H and O–H groups in total. The number of carboxylic acids is 1. The second kappa shape index (κ2) is 7.88. The molecule has 6 nitrogen and oxygen atoms in total. The van der Waals surface area contributed by atoms with E-state index in [0.717, 1.165) is 0 Å². The van der Waals surface area contributed by atoms with Crippen molar-refractivity contribution >= 4 is 16.0 Å². The highest BCUT2D eigenvalue weighted by Gasteiger charge is 2.10. The molecule has 1 aromatic rings. The van der Waals surface area contributed by atoms with Crippen LogP contribution in [0.1, 0.15) is 12.0 Å². The zero-order valence-corrected chi connectivity index (χ0v) is 11.2. The molecule has 19 heavy (non-hydrogen) atoms. The number of benzene rings is 1. The number of sulfonamides is 1. The van der Waals surface area contributed by atoms with Crippen molar-refractivity contribution in [2.75, 3.05) is 19.8 Å². The lowest BCUT2D eigenvalue weighted by Gasteiger charge is -2.07. The van der Waals surface area contributed by atoms with Crippen LogP contribution in [0.5, 0.6) is 0 Å². The SMILES string of the molecule is O=C(O)CCOCCNS(=O)(=O)Cc1ccccc1. The summed E-state index contributed by atoms with van der Waals surface area (Å²) in [6.45, 7) is 0.367. The summed E-state index contributed by atoms with van der Waals surface area (Å²) in [7, 11) is -3.38. The minimum absolute atomic E-state index is 0.0791. The molecule has 0 saturated carbocycles. The molecule has 0 aliphatic carbocycles. The van der Waals surface area contributed by atoms with Crippen LogP contribution in [0.3, 0.4) is 0 Å². The molecular weight excluding hydrogens is 270 g/mol. The Labute approximate surface area is 112 Å². The first kappa shape index (κ1) is 15.6. The van der Waals surface area contributed by atoms with Crippen molar-refractivity contribution in [3.8, 4) is 0 Å². The standard InChI is InChI=1S/C12H17NO5S/c14-12(15)6-8-18-9-7-13-19(16,17)10-11-4-2-1-3-5-11/h1-5,13H,6-10H2,(H,14,15). The van der Waals surface area contributed by atoms with Gasteiger partial charge in [-0.05, 0) is 5.56 Å². The summed E-state index contributed by atoms with van der Waals surface area (Å²) in [6.07, 6.45) is -0.0865. The van der Waals surface area contributed by atoms with Crippen molar-refractivity contribution in [3.05, 3.63) is 35.9 Å². The first-order valence-electron chi connectivity index (χ1n) is 5.80. The maximum Gasteiger partial charge on any atom is 0.305 e. The van der Waals surface area contributed by atoms with Gasteiger partial charge in [-0.25, -0.2) is 13.1 Å². The predicted octanol–water partition coefficient (Wildman–Crippen LogP) is 0.597. The van der Waals surface area contributed by atoms with Crippen molar-refractivity contribution in [1.82, 2.24) is 4.72 Å². The van der Waals surface area contributed by atoms with Crippen LogP contribution in [-0.2, 0) is 25.3 Å². The highest BCUT2D eigenvalue weighted by atomic mass is 32.2. The van der Waals surface area contributed by atoms with E-state index in [1.165, 1.54) is 0 Å². The summed E-state index contributed by atoms with van der Waals surface area (Å²) < 4.78 is 30.7. The Morgan fingerprint density at radius 1 is 1.21 bits per heavy atom. The predicted molar refractivity (Wildman–Crippen MR) is 70.1 cm³/mol. The monoisotopic (exact) mass is 287 g/mol. The first-order chi connectivity index (χ1) is 8.99. The van der Waals surface area contributed by atoms with Crippen molar-refractivity contribution < 1.29 is 23.1 Å². The number of ether oxygens (including phenoxy) is 1. The van der Waals surface area contributed by atoms with Crippen molar-refractivity contribution in [3.63, 3.8) is 0 Å². The fourth-order valence-electron chi connectivity index (χ4n) is 1.38. The number of carboxylic acid groups (broad SMARTS) is 1. The number of rotatable bonds is 9. The van der Waals surface area contributed by atoms with E-state index in [9.17, 15) is 13.2 Å². The van der Waals surface area contributed by atoms with Gasteiger partial charge in [0.25, 0.3) is 0 Å². The molecular formula is C12H17NO5S. The highest BCUT2D eigenvalue weighted by molar-refractivity contribution is 7.88. The zero-order valence-electron chi connectivity index (χ0n) is 10.4. The molecule has 0 aromatic heterocycles. The summed E-state index contributed by atoms with van der Waals surface area (Å²) in [5, 5.41) is 8.37. The van der Waals surface area contributed by atoms with Crippen LogP contribution in [0.2, 0.25) is 0 Å². The molecule has 0 saturated heterocycles. The number of hydrogen-bond donors (Lipinski definition) is 2. The highest BCUT2D eigenvalue weighted by Crippen LogP contribution is 2.03. The van der Waals surface area contributed by atoms with E-state index in [1.807, 2.05) is 6.07 Å². The molecule has 0 heterocycles. The number of carbonyl (C=O) groups is 1. The quantitative estimate of drug-likeness (QED) is 0.649. The van der Waals surface area contributed by atoms with Gasteiger partial charge in [0.2, 0.25) is 10.0 Å². The smallest absolute Gasteiger partial charge is 0.305 e. The minimum Gasteiger partial charge on any atom is -0.481 e. The van der Waals surface area contributed by atoms with Crippen LogP contribution in [0.25, 0.3) is 0 Å². The lowest BCUT2D eigenvalue weighted by atomic mass is 10.2. The Hall–Kier alpha value is -1.44. The molecule has 7 heteroatoms. The van der Waals surface area contributed by atoms with Crippen LogP contribution in [0.4, 0.5) is 0 Å². The molecule has 0 atom stereocenters. The van der Waals surface area contributed by atoms with E-state index in [1.54, 1.807) is 24.3 Å². The summed E-state index contributed by atoms with van der Waals surface area (Å²) in [6, 6.07) is 8.85. The molecule has 1 aromatic carbocycles. The Bertz CT molecular complexity index is 486. The van der Waals surface area contributed by atoms with Gasteiger partial charge < -0.3 is 9.84 Å². The van der Waals surface area contributed by atoms with Crippen LogP contribution >= 0.6 is 0 Å². The van der Waals surface area contributed by atoms with E-state index in [-0.39, 0.29) is 31.9 Å². The Morgan fingerprint density at radius 2 is 1.89 bits per heavy atom. The third kappa shape index (κ3) is 7.55. The average Bonchev–Trinajstić information content (AvgIpc) is 2.34. The number of nitrogens with one attached hydrogen (secondary N) is 1.